The summed E-state index contributed by atoms with van der Waals surface area (Å²) in [6.07, 6.45) is 5.04. The minimum atomic E-state index is -1.42. The second-order valence-electron chi connectivity index (χ2n) is 5.13. The largest absolute Gasteiger partial charge is 0.497 e. The molecule has 1 fully saturated rings. The Morgan fingerprint density at radius 2 is 1.84 bits per heavy atom. The summed E-state index contributed by atoms with van der Waals surface area (Å²) in [5.74, 6) is 0.759. The predicted octanol–water partition coefficient (Wildman–Crippen LogP) is 0.751. The van der Waals surface area contributed by atoms with E-state index in [9.17, 15) is 10.0 Å². The van der Waals surface area contributed by atoms with E-state index in [4.69, 9.17) is 4.74 Å². The molecular weight excluding hydrogens is 241 g/mol. The quantitative estimate of drug-likeness (QED) is 0.787. The monoisotopic (exact) mass is 263 g/mol. The van der Waals surface area contributed by atoms with Crippen molar-refractivity contribution in [1.29, 1.82) is 0 Å². The van der Waals surface area contributed by atoms with Crippen molar-refractivity contribution in [2.24, 2.45) is 0 Å². The molecule has 0 atom stereocenters. The lowest BCUT2D eigenvalue weighted by Crippen LogP contribution is -2.36. The molecular formula is C14H22BNO3. The molecule has 2 N–H and O–H groups in total. The van der Waals surface area contributed by atoms with Crippen LogP contribution in [0, 0.1) is 0 Å². The number of ether oxygens (including phenoxy) is 1. The Morgan fingerprint density at radius 3 is 2.42 bits per heavy atom. The number of benzene rings is 1. The van der Waals surface area contributed by atoms with Gasteiger partial charge >= 0.3 is 7.12 Å². The number of hydrogen-bond acceptors (Lipinski definition) is 4. The third kappa shape index (κ3) is 3.96. The van der Waals surface area contributed by atoms with Gasteiger partial charge in [0.05, 0.1) is 7.11 Å². The fourth-order valence-corrected chi connectivity index (χ4v) is 2.63. The molecule has 5 heteroatoms. The molecule has 0 saturated carbocycles. The van der Waals surface area contributed by atoms with Crippen molar-refractivity contribution in [2.75, 3.05) is 20.2 Å². The minimum Gasteiger partial charge on any atom is -0.497 e. The van der Waals surface area contributed by atoms with Crippen molar-refractivity contribution in [3.05, 3.63) is 23.8 Å². The highest BCUT2D eigenvalue weighted by Gasteiger charge is 2.19. The first-order chi connectivity index (χ1) is 9.20. The topological polar surface area (TPSA) is 52.9 Å². The van der Waals surface area contributed by atoms with Crippen LogP contribution in [0.15, 0.2) is 18.2 Å². The first kappa shape index (κ1) is 14.4. The molecule has 0 unspecified atom stereocenters. The van der Waals surface area contributed by atoms with Crippen LogP contribution >= 0.6 is 0 Å². The summed E-state index contributed by atoms with van der Waals surface area (Å²) in [5, 5.41) is 18.9. The maximum absolute atomic E-state index is 9.45. The van der Waals surface area contributed by atoms with E-state index in [2.05, 4.69) is 4.90 Å². The Hall–Kier alpha value is -1.04. The van der Waals surface area contributed by atoms with Gasteiger partial charge in [-0.15, -0.1) is 0 Å². The van der Waals surface area contributed by atoms with Crippen LogP contribution < -0.4 is 10.2 Å². The Balaban J connectivity index is 2.16. The smallest absolute Gasteiger partial charge is 0.488 e. The van der Waals surface area contributed by atoms with E-state index in [-0.39, 0.29) is 0 Å². The minimum absolute atomic E-state index is 0.574. The van der Waals surface area contributed by atoms with Gasteiger partial charge in [-0.05, 0) is 49.1 Å². The van der Waals surface area contributed by atoms with Crippen molar-refractivity contribution in [1.82, 2.24) is 4.90 Å². The van der Waals surface area contributed by atoms with Crippen LogP contribution in [0.4, 0.5) is 0 Å². The second kappa shape index (κ2) is 6.94. The highest BCUT2D eigenvalue weighted by molar-refractivity contribution is 6.59. The molecule has 1 saturated heterocycles. The van der Waals surface area contributed by atoms with Crippen LogP contribution in [-0.2, 0) is 6.54 Å². The molecule has 1 aromatic rings. The number of rotatable bonds is 4. The fourth-order valence-electron chi connectivity index (χ4n) is 2.63. The average Bonchev–Trinajstić information content (AvgIpc) is 2.67. The van der Waals surface area contributed by atoms with E-state index >= 15 is 0 Å². The van der Waals surface area contributed by atoms with Crippen molar-refractivity contribution in [3.8, 4) is 5.75 Å². The van der Waals surface area contributed by atoms with Gasteiger partial charge in [-0.2, -0.15) is 0 Å². The number of likely N-dealkylation sites (tertiary alicyclic amines) is 1. The SMILES string of the molecule is COc1ccc(B(O)O)c(CN2CCCCCC2)c1. The molecule has 1 heterocycles. The van der Waals surface area contributed by atoms with Gasteiger partial charge in [0.15, 0.2) is 0 Å². The van der Waals surface area contributed by atoms with E-state index in [1.165, 1.54) is 25.7 Å². The molecule has 0 amide bonds. The third-order valence-corrected chi connectivity index (χ3v) is 3.72. The molecule has 1 aliphatic heterocycles. The fraction of sp³-hybridized carbons (Fsp3) is 0.571. The normalized spacial score (nSPS) is 17.0. The van der Waals surface area contributed by atoms with Crippen LogP contribution in [0.25, 0.3) is 0 Å². The molecule has 19 heavy (non-hydrogen) atoms. The zero-order valence-electron chi connectivity index (χ0n) is 11.5. The lowest BCUT2D eigenvalue weighted by atomic mass is 9.77. The highest BCUT2D eigenvalue weighted by Crippen LogP contribution is 2.16. The molecule has 2 rings (SSSR count). The Bertz CT molecular complexity index is 404. The Labute approximate surface area is 115 Å². The van der Waals surface area contributed by atoms with Crippen LogP contribution in [0.3, 0.4) is 0 Å². The molecule has 0 aromatic heterocycles. The van der Waals surface area contributed by atoms with Crippen LogP contribution in [0.1, 0.15) is 31.2 Å². The molecule has 4 nitrogen and oxygen atoms in total. The molecule has 0 spiro atoms. The van der Waals surface area contributed by atoms with E-state index in [1.54, 1.807) is 19.2 Å². The summed E-state index contributed by atoms with van der Waals surface area (Å²) >= 11 is 0. The maximum atomic E-state index is 9.45. The summed E-state index contributed by atoms with van der Waals surface area (Å²) in [6, 6.07) is 5.40. The second-order valence-corrected chi connectivity index (χ2v) is 5.13. The number of hydrogen-bond donors (Lipinski definition) is 2. The first-order valence-electron chi connectivity index (χ1n) is 6.96. The molecule has 0 radical (unpaired) electrons. The number of methoxy groups -OCH3 is 1. The van der Waals surface area contributed by atoms with Crippen molar-refractivity contribution in [2.45, 2.75) is 32.2 Å². The average molecular weight is 263 g/mol. The molecule has 1 aromatic carbocycles. The predicted molar refractivity (Wildman–Crippen MR) is 76.6 cm³/mol. The van der Waals surface area contributed by atoms with E-state index in [0.717, 1.165) is 30.9 Å². The van der Waals surface area contributed by atoms with E-state index in [0.29, 0.717) is 5.46 Å². The number of nitrogens with zero attached hydrogens (tertiary/aromatic N) is 1. The summed E-state index contributed by atoms with van der Waals surface area (Å²) in [7, 11) is 0.202. The zero-order valence-corrected chi connectivity index (χ0v) is 11.5. The van der Waals surface area contributed by atoms with E-state index < -0.39 is 7.12 Å². The molecule has 0 aliphatic carbocycles. The summed E-state index contributed by atoms with van der Waals surface area (Å²) in [5.41, 5.74) is 1.52. The zero-order chi connectivity index (χ0) is 13.7. The van der Waals surface area contributed by atoms with E-state index in [1.807, 2.05) is 6.07 Å². The lowest BCUT2D eigenvalue weighted by Gasteiger charge is -2.22. The highest BCUT2D eigenvalue weighted by atomic mass is 16.5. The third-order valence-electron chi connectivity index (χ3n) is 3.72. The van der Waals surface area contributed by atoms with Crippen molar-refractivity contribution in [3.63, 3.8) is 0 Å². The summed E-state index contributed by atoms with van der Waals surface area (Å²) in [4.78, 5) is 2.38. The molecule has 1 aliphatic rings. The van der Waals surface area contributed by atoms with Crippen LogP contribution in [-0.4, -0.2) is 42.3 Å². The van der Waals surface area contributed by atoms with Crippen molar-refractivity contribution >= 4 is 12.6 Å². The standard InChI is InChI=1S/C14H22BNO3/c1-19-13-6-7-14(15(17)18)12(10-13)11-16-8-4-2-3-5-9-16/h6-7,10,17-18H,2-5,8-9,11H2,1H3. The van der Waals surface area contributed by atoms with Gasteiger partial charge in [0.1, 0.15) is 5.75 Å². The van der Waals surface area contributed by atoms with Crippen molar-refractivity contribution < 1.29 is 14.8 Å². The van der Waals surface area contributed by atoms with Gasteiger partial charge in [0.2, 0.25) is 0 Å². The van der Waals surface area contributed by atoms with Gasteiger partial charge in [-0.3, -0.25) is 4.90 Å². The van der Waals surface area contributed by atoms with Crippen LogP contribution in [0.5, 0.6) is 5.75 Å². The Morgan fingerprint density at radius 1 is 1.16 bits per heavy atom. The van der Waals surface area contributed by atoms with Gasteiger partial charge in [-0.1, -0.05) is 18.9 Å². The molecule has 104 valence electrons. The van der Waals surface area contributed by atoms with Gasteiger partial charge < -0.3 is 14.8 Å². The van der Waals surface area contributed by atoms with Gasteiger partial charge in [-0.25, -0.2) is 0 Å². The summed E-state index contributed by atoms with van der Waals surface area (Å²) in [6.45, 7) is 2.92. The Kier molecular flexibility index (Phi) is 5.25. The molecule has 0 bridgehead atoms. The van der Waals surface area contributed by atoms with Gasteiger partial charge in [0.25, 0.3) is 0 Å². The lowest BCUT2D eigenvalue weighted by molar-refractivity contribution is 0.276. The van der Waals surface area contributed by atoms with Gasteiger partial charge in [0, 0.05) is 6.54 Å². The first-order valence-corrected chi connectivity index (χ1v) is 6.96. The summed E-state index contributed by atoms with van der Waals surface area (Å²) < 4.78 is 5.22. The van der Waals surface area contributed by atoms with Crippen LogP contribution in [0.2, 0.25) is 0 Å². The maximum Gasteiger partial charge on any atom is 0.488 e.